The maximum Gasteiger partial charge on any atom is 0.416 e. The van der Waals surface area contributed by atoms with Crippen molar-refractivity contribution in [3.8, 4) is 0 Å². The lowest BCUT2D eigenvalue weighted by Gasteiger charge is -2.32. The molecule has 1 aliphatic heterocycles. The smallest absolute Gasteiger partial charge is 0.347 e. The molecule has 2 heterocycles. The largest absolute Gasteiger partial charge is 0.416 e. The Bertz CT molecular complexity index is 897. The normalized spacial score (nSPS) is 16.9. The van der Waals surface area contributed by atoms with Crippen molar-refractivity contribution >= 4 is 11.8 Å². The summed E-state index contributed by atoms with van der Waals surface area (Å²) in [5, 5.41) is 2.52. The number of amides is 2. The molecule has 8 heteroatoms. The molecule has 1 atom stereocenters. The second-order valence-corrected chi connectivity index (χ2v) is 7.55. The van der Waals surface area contributed by atoms with Gasteiger partial charge >= 0.3 is 6.18 Å². The SMILES string of the molecule is CC(=O)NCC(=O)N1CCC[C@@H](c2ccc(Cc3cccc(C(F)(F)F)c3)cn2)C1. The van der Waals surface area contributed by atoms with E-state index in [1.54, 1.807) is 17.2 Å². The highest BCUT2D eigenvalue weighted by molar-refractivity contribution is 5.83. The molecule has 0 spiro atoms. The Morgan fingerprint density at radius 3 is 2.67 bits per heavy atom. The maximum atomic E-state index is 12.9. The molecule has 5 nitrogen and oxygen atoms in total. The highest BCUT2D eigenvalue weighted by Crippen LogP contribution is 2.30. The van der Waals surface area contributed by atoms with Gasteiger partial charge in [-0.3, -0.25) is 14.6 Å². The lowest BCUT2D eigenvalue weighted by atomic mass is 9.93. The Balaban J connectivity index is 1.63. The fourth-order valence-corrected chi connectivity index (χ4v) is 3.63. The average molecular weight is 419 g/mol. The second-order valence-electron chi connectivity index (χ2n) is 7.55. The monoisotopic (exact) mass is 419 g/mol. The van der Waals surface area contributed by atoms with Crippen LogP contribution in [0.5, 0.6) is 0 Å². The number of nitrogens with one attached hydrogen (secondary N) is 1. The van der Waals surface area contributed by atoms with Gasteiger partial charge in [0.05, 0.1) is 12.1 Å². The summed E-state index contributed by atoms with van der Waals surface area (Å²) in [6, 6.07) is 9.06. The molecular weight excluding hydrogens is 395 g/mol. The zero-order valence-electron chi connectivity index (χ0n) is 16.7. The summed E-state index contributed by atoms with van der Waals surface area (Å²) < 4.78 is 38.6. The van der Waals surface area contributed by atoms with Crippen LogP contribution >= 0.6 is 0 Å². The van der Waals surface area contributed by atoms with E-state index >= 15 is 0 Å². The zero-order chi connectivity index (χ0) is 21.7. The summed E-state index contributed by atoms with van der Waals surface area (Å²) in [6.45, 7) is 2.56. The zero-order valence-corrected chi connectivity index (χ0v) is 16.7. The molecule has 3 rings (SSSR count). The maximum absolute atomic E-state index is 12.9. The van der Waals surface area contributed by atoms with Crippen molar-refractivity contribution in [2.45, 2.75) is 38.3 Å². The molecular formula is C22H24F3N3O2. The second kappa shape index (κ2) is 9.28. The van der Waals surface area contributed by atoms with Crippen LogP contribution in [0, 0.1) is 0 Å². The number of carbonyl (C=O) groups is 2. The third kappa shape index (κ3) is 5.81. The van der Waals surface area contributed by atoms with Gasteiger partial charge in [-0.05, 0) is 42.5 Å². The van der Waals surface area contributed by atoms with Crippen molar-refractivity contribution in [3.05, 3.63) is 65.0 Å². The number of halogens is 3. The molecule has 1 aromatic carbocycles. The van der Waals surface area contributed by atoms with E-state index < -0.39 is 11.7 Å². The number of nitrogens with zero attached hydrogens (tertiary/aromatic N) is 2. The van der Waals surface area contributed by atoms with Crippen LogP contribution in [0.3, 0.4) is 0 Å². The summed E-state index contributed by atoms with van der Waals surface area (Å²) >= 11 is 0. The molecule has 30 heavy (non-hydrogen) atoms. The number of hydrogen-bond acceptors (Lipinski definition) is 3. The molecule has 0 bridgehead atoms. The number of rotatable bonds is 5. The molecule has 2 aromatic rings. The van der Waals surface area contributed by atoms with Crippen LogP contribution in [0.4, 0.5) is 13.2 Å². The first-order valence-corrected chi connectivity index (χ1v) is 9.85. The molecule has 2 amide bonds. The minimum atomic E-state index is -4.36. The number of carbonyl (C=O) groups excluding carboxylic acids is 2. The van der Waals surface area contributed by atoms with Crippen LogP contribution in [0.25, 0.3) is 0 Å². The highest BCUT2D eigenvalue weighted by Gasteiger charge is 2.30. The van der Waals surface area contributed by atoms with E-state index in [1.807, 2.05) is 12.1 Å². The highest BCUT2D eigenvalue weighted by atomic mass is 19.4. The van der Waals surface area contributed by atoms with Crippen LogP contribution in [-0.4, -0.2) is 41.3 Å². The Labute approximate surface area is 173 Å². The van der Waals surface area contributed by atoms with Gasteiger partial charge in [-0.1, -0.05) is 24.3 Å². The summed E-state index contributed by atoms with van der Waals surface area (Å²) in [5.41, 5.74) is 1.61. The third-order valence-electron chi connectivity index (χ3n) is 5.19. The number of pyridine rings is 1. The number of aromatic nitrogens is 1. The average Bonchev–Trinajstić information content (AvgIpc) is 2.72. The van der Waals surface area contributed by atoms with Crippen LogP contribution in [0.15, 0.2) is 42.6 Å². The predicted molar refractivity (Wildman–Crippen MR) is 106 cm³/mol. The molecule has 0 saturated carbocycles. The van der Waals surface area contributed by atoms with Crippen LogP contribution in [0.2, 0.25) is 0 Å². The molecule has 1 aromatic heterocycles. The standard InChI is InChI=1S/C22H24F3N3O2/c1-15(29)26-13-21(30)28-9-3-5-18(14-28)20-8-7-17(12-27-20)10-16-4-2-6-19(11-16)22(23,24)25/h2,4,6-8,11-12,18H,3,5,9-10,13-14H2,1H3,(H,26,29)/t18-/m1/s1. The number of benzene rings is 1. The lowest BCUT2D eigenvalue weighted by molar-refractivity contribution is -0.137. The van der Waals surface area contributed by atoms with Crippen molar-refractivity contribution in [3.63, 3.8) is 0 Å². The van der Waals surface area contributed by atoms with Gasteiger partial charge < -0.3 is 10.2 Å². The Morgan fingerprint density at radius 1 is 1.20 bits per heavy atom. The summed E-state index contributed by atoms with van der Waals surface area (Å²) in [5.74, 6) is -0.256. The van der Waals surface area contributed by atoms with E-state index in [-0.39, 0.29) is 24.3 Å². The van der Waals surface area contributed by atoms with Crippen molar-refractivity contribution in [1.82, 2.24) is 15.2 Å². The summed E-state index contributed by atoms with van der Waals surface area (Å²) in [6.07, 6.45) is -0.548. The third-order valence-corrected chi connectivity index (χ3v) is 5.19. The fraction of sp³-hybridized carbons (Fsp3) is 0.409. The molecule has 1 saturated heterocycles. The van der Waals surface area contributed by atoms with Crippen molar-refractivity contribution in [2.75, 3.05) is 19.6 Å². The molecule has 0 unspecified atom stereocenters. The van der Waals surface area contributed by atoms with Crippen LogP contribution in [-0.2, 0) is 22.2 Å². The van der Waals surface area contributed by atoms with E-state index in [9.17, 15) is 22.8 Å². The minimum absolute atomic E-state index is 0.00852. The van der Waals surface area contributed by atoms with Gasteiger partial charge in [0.1, 0.15) is 0 Å². The lowest BCUT2D eigenvalue weighted by Crippen LogP contribution is -2.44. The van der Waals surface area contributed by atoms with E-state index in [2.05, 4.69) is 10.3 Å². The number of hydrogen-bond donors (Lipinski definition) is 1. The topological polar surface area (TPSA) is 62.3 Å². The van der Waals surface area contributed by atoms with E-state index in [0.717, 1.165) is 36.2 Å². The molecule has 1 N–H and O–H groups in total. The van der Waals surface area contributed by atoms with Gasteiger partial charge in [-0.15, -0.1) is 0 Å². The first-order valence-electron chi connectivity index (χ1n) is 9.85. The van der Waals surface area contributed by atoms with Crippen LogP contribution in [0.1, 0.15) is 48.1 Å². The van der Waals surface area contributed by atoms with Gasteiger partial charge in [0, 0.05) is 37.8 Å². The van der Waals surface area contributed by atoms with Gasteiger partial charge in [-0.2, -0.15) is 13.2 Å². The summed E-state index contributed by atoms with van der Waals surface area (Å²) in [7, 11) is 0. The van der Waals surface area contributed by atoms with Crippen molar-refractivity contribution < 1.29 is 22.8 Å². The number of likely N-dealkylation sites (tertiary alicyclic amines) is 1. The fourth-order valence-electron chi connectivity index (χ4n) is 3.63. The Morgan fingerprint density at radius 2 is 2.00 bits per heavy atom. The summed E-state index contributed by atoms with van der Waals surface area (Å²) in [4.78, 5) is 29.5. The molecule has 0 aliphatic carbocycles. The van der Waals surface area contributed by atoms with Gasteiger partial charge in [0.25, 0.3) is 0 Å². The van der Waals surface area contributed by atoms with Gasteiger partial charge in [0.15, 0.2) is 0 Å². The van der Waals surface area contributed by atoms with Crippen molar-refractivity contribution in [2.24, 2.45) is 0 Å². The minimum Gasteiger partial charge on any atom is -0.347 e. The molecule has 0 radical (unpaired) electrons. The van der Waals surface area contributed by atoms with E-state index in [0.29, 0.717) is 25.1 Å². The van der Waals surface area contributed by atoms with Gasteiger partial charge in [-0.25, -0.2) is 0 Å². The Kier molecular flexibility index (Phi) is 6.74. The van der Waals surface area contributed by atoms with Crippen LogP contribution < -0.4 is 5.32 Å². The number of alkyl halides is 3. The van der Waals surface area contributed by atoms with E-state index in [4.69, 9.17) is 0 Å². The first-order chi connectivity index (χ1) is 14.2. The quantitative estimate of drug-likeness (QED) is 0.807. The van der Waals surface area contributed by atoms with E-state index in [1.165, 1.54) is 13.0 Å². The molecule has 1 fully saturated rings. The predicted octanol–water partition coefficient (Wildman–Crippen LogP) is 3.53. The Hall–Kier alpha value is -2.90. The molecule has 160 valence electrons. The number of piperidine rings is 1. The van der Waals surface area contributed by atoms with Gasteiger partial charge in [0.2, 0.25) is 11.8 Å². The van der Waals surface area contributed by atoms with Crippen molar-refractivity contribution in [1.29, 1.82) is 0 Å². The molecule has 1 aliphatic rings. The first kappa shape index (κ1) is 21.8.